The molecule has 0 bridgehead atoms. The normalized spacial score (nSPS) is 23.6. The third-order valence-corrected chi connectivity index (χ3v) is 2.21. The molecule has 0 radical (unpaired) electrons. The molecule has 6 heteroatoms. The molecule has 0 aromatic rings. The van der Waals surface area contributed by atoms with Crippen molar-refractivity contribution < 1.29 is 14.7 Å². The van der Waals surface area contributed by atoms with Crippen LogP contribution in [0.15, 0.2) is 0 Å². The van der Waals surface area contributed by atoms with E-state index in [2.05, 4.69) is 0 Å². The molecule has 6 nitrogen and oxygen atoms in total. The minimum Gasteiger partial charge on any atom is -0.391 e. The van der Waals surface area contributed by atoms with Gasteiger partial charge in [0.1, 0.15) is 0 Å². The number of rotatable bonds is 3. The molecule has 0 aromatic heterocycles. The number of carbonyl (C=O) groups excluding carboxylic acids is 2. The molecule has 0 spiro atoms. The Labute approximate surface area is 81.8 Å². The highest BCUT2D eigenvalue weighted by Crippen LogP contribution is 2.10. The van der Waals surface area contributed by atoms with Crippen molar-refractivity contribution >= 4 is 11.8 Å². The van der Waals surface area contributed by atoms with Gasteiger partial charge in [-0.05, 0) is 6.42 Å². The number of nitrogens with zero attached hydrogens (tertiary/aromatic N) is 1. The van der Waals surface area contributed by atoms with Crippen molar-refractivity contribution in [2.24, 2.45) is 11.5 Å². The predicted molar refractivity (Wildman–Crippen MR) is 49.0 cm³/mol. The zero-order valence-electron chi connectivity index (χ0n) is 7.85. The lowest BCUT2D eigenvalue weighted by Crippen LogP contribution is -2.44. The first kappa shape index (κ1) is 10.9. The fourth-order valence-electron chi connectivity index (χ4n) is 1.48. The SMILES string of the molecule is NC(=O)CC(N)C(=O)N1CC[C@H](O)C1. The predicted octanol–water partition coefficient (Wildman–Crippen LogP) is -2.22. The van der Waals surface area contributed by atoms with E-state index in [1.807, 2.05) is 0 Å². The highest BCUT2D eigenvalue weighted by atomic mass is 16.3. The number of likely N-dealkylation sites (tertiary alicyclic amines) is 1. The van der Waals surface area contributed by atoms with Gasteiger partial charge < -0.3 is 21.5 Å². The van der Waals surface area contributed by atoms with Gasteiger partial charge in [0.2, 0.25) is 11.8 Å². The lowest BCUT2D eigenvalue weighted by atomic mass is 10.2. The van der Waals surface area contributed by atoms with Gasteiger partial charge in [-0.1, -0.05) is 0 Å². The topological polar surface area (TPSA) is 110 Å². The van der Waals surface area contributed by atoms with E-state index in [0.717, 1.165) is 0 Å². The summed E-state index contributed by atoms with van der Waals surface area (Å²) >= 11 is 0. The Morgan fingerprint density at radius 3 is 2.64 bits per heavy atom. The van der Waals surface area contributed by atoms with Crippen molar-refractivity contribution in [2.75, 3.05) is 13.1 Å². The van der Waals surface area contributed by atoms with E-state index in [-0.39, 0.29) is 12.3 Å². The summed E-state index contributed by atoms with van der Waals surface area (Å²) in [6.45, 7) is 0.789. The molecule has 2 amide bonds. The molecule has 2 atom stereocenters. The lowest BCUT2D eigenvalue weighted by Gasteiger charge is -2.19. The average Bonchev–Trinajstić information content (AvgIpc) is 2.49. The van der Waals surface area contributed by atoms with Crippen LogP contribution in [0.1, 0.15) is 12.8 Å². The number of hydrogen-bond donors (Lipinski definition) is 3. The first-order valence-corrected chi connectivity index (χ1v) is 4.51. The molecule has 1 saturated heterocycles. The summed E-state index contributed by atoms with van der Waals surface area (Å²) in [6, 6.07) is -0.877. The molecule has 1 heterocycles. The van der Waals surface area contributed by atoms with Gasteiger partial charge in [0.15, 0.2) is 0 Å². The Kier molecular flexibility index (Phi) is 3.43. The first-order valence-electron chi connectivity index (χ1n) is 4.51. The number of aliphatic hydroxyl groups is 1. The Balaban J connectivity index is 2.44. The molecule has 14 heavy (non-hydrogen) atoms. The smallest absolute Gasteiger partial charge is 0.240 e. The molecular weight excluding hydrogens is 186 g/mol. The Hall–Kier alpha value is -1.14. The maximum absolute atomic E-state index is 11.5. The highest BCUT2D eigenvalue weighted by molar-refractivity contribution is 5.87. The molecule has 1 fully saturated rings. The summed E-state index contributed by atoms with van der Waals surface area (Å²) in [5.41, 5.74) is 10.4. The molecule has 1 aliphatic rings. The molecule has 0 aromatic carbocycles. The summed E-state index contributed by atoms with van der Waals surface area (Å²) < 4.78 is 0. The summed E-state index contributed by atoms with van der Waals surface area (Å²) in [5.74, 6) is -0.911. The zero-order chi connectivity index (χ0) is 10.7. The van der Waals surface area contributed by atoms with Gasteiger partial charge in [-0.15, -0.1) is 0 Å². The fraction of sp³-hybridized carbons (Fsp3) is 0.750. The minimum absolute atomic E-state index is 0.147. The quantitative estimate of drug-likeness (QED) is 0.480. The second kappa shape index (κ2) is 4.39. The minimum atomic E-state index is -0.877. The maximum atomic E-state index is 11.5. The largest absolute Gasteiger partial charge is 0.391 e. The van der Waals surface area contributed by atoms with Crippen molar-refractivity contribution in [2.45, 2.75) is 25.0 Å². The zero-order valence-corrected chi connectivity index (χ0v) is 7.85. The van der Waals surface area contributed by atoms with Crippen molar-refractivity contribution in [3.8, 4) is 0 Å². The van der Waals surface area contributed by atoms with Crippen molar-refractivity contribution in [1.82, 2.24) is 4.90 Å². The number of aliphatic hydroxyl groups excluding tert-OH is 1. The number of nitrogens with two attached hydrogens (primary N) is 2. The van der Waals surface area contributed by atoms with E-state index in [1.54, 1.807) is 0 Å². The van der Waals surface area contributed by atoms with Gasteiger partial charge in [0, 0.05) is 13.1 Å². The summed E-state index contributed by atoms with van der Waals surface area (Å²) in [6.07, 6.45) is -0.0554. The summed E-state index contributed by atoms with van der Waals surface area (Å²) in [5, 5.41) is 9.19. The van der Waals surface area contributed by atoms with Crippen LogP contribution >= 0.6 is 0 Å². The molecule has 5 N–H and O–H groups in total. The van der Waals surface area contributed by atoms with Crippen LogP contribution in [0.5, 0.6) is 0 Å². The third-order valence-electron chi connectivity index (χ3n) is 2.21. The molecule has 1 rings (SSSR count). The van der Waals surface area contributed by atoms with E-state index in [0.29, 0.717) is 19.5 Å². The molecule has 0 aliphatic carbocycles. The van der Waals surface area contributed by atoms with Gasteiger partial charge in [0.25, 0.3) is 0 Å². The number of hydrogen-bond acceptors (Lipinski definition) is 4. The second-order valence-electron chi connectivity index (χ2n) is 3.50. The van der Waals surface area contributed by atoms with Crippen LogP contribution in [-0.2, 0) is 9.59 Å². The monoisotopic (exact) mass is 201 g/mol. The Morgan fingerprint density at radius 1 is 1.57 bits per heavy atom. The lowest BCUT2D eigenvalue weighted by molar-refractivity contribution is -0.134. The van der Waals surface area contributed by atoms with Crippen LogP contribution in [0.2, 0.25) is 0 Å². The number of amides is 2. The third kappa shape index (κ3) is 2.68. The van der Waals surface area contributed by atoms with Gasteiger partial charge in [0.05, 0.1) is 18.6 Å². The molecule has 0 saturated carbocycles. The Morgan fingerprint density at radius 2 is 2.21 bits per heavy atom. The second-order valence-corrected chi connectivity index (χ2v) is 3.50. The number of primary amides is 1. The van der Waals surface area contributed by atoms with Crippen LogP contribution in [0, 0.1) is 0 Å². The van der Waals surface area contributed by atoms with Crippen LogP contribution in [0.25, 0.3) is 0 Å². The van der Waals surface area contributed by atoms with E-state index in [9.17, 15) is 14.7 Å². The molecule has 80 valence electrons. The van der Waals surface area contributed by atoms with Crippen molar-refractivity contribution in [3.05, 3.63) is 0 Å². The fourth-order valence-corrected chi connectivity index (χ4v) is 1.48. The van der Waals surface area contributed by atoms with E-state index in [1.165, 1.54) is 4.90 Å². The van der Waals surface area contributed by atoms with Gasteiger partial charge in [-0.25, -0.2) is 0 Å². The Bertz CT molecular complexity index is 244. The molecular formula is C8H15N3O3. The summed E-state index contributed by atoms with van der Waals surface area (Å²) in [4.78, 5) is 23.5. The van der Waals surface area contributed by atoms with Crippen molar-refractivity contribution in [3.63, 3.8) is 0 Å². The standard InChI is InChI=1S/C8H15N3O3/c9-6(3-7(10)13)8(14)11-2-1-5(12)4-11/h5-6,12H,1-4,9H2,(H2,10,13)/t5-,6?/m0/s1. The first-order chi connectivity index (χ1) is 6.50. The van der Waals surface area contributed by atoms with Crippen LogP contribution in [0.4, 0.5) is 0 Å². The highest BCUT2D eigenvalue weighted by Gasteiger charge is 2.28. The maximum Gasteiger partial charge on any atom is 0.240 e. The van der Waals surface area contributed by atoms with Crippen LogP contribution in [0.3, 0.4) is 0 Å². The average molecular weight is 201 g/mol. The van der Waals surface area contributed by atoms with Crippen LogP contribution < -0.4 is 11.5 Å². The van der Waals surface area contributed by atoms with Gasteiger partial charge in [-0.2, -0.15) is 0 Å². The van der Waals surface area contributed by atoms with E-state index >= 15 is 0 Å². The molecule has 1 aliphatic heterocycles. The van der Waals surface area contributed by atoms with E-state index < -0.39 is 18.1 Å². The van der Waals surface area contributed by atoms with Crippen LogP contribution in [-0.4, -0.2) is 47.1 Å². The van der Waals surface area contributed by atoms with E-state index in [4.69, 9.17) is 11.5 Å². The van der Waals surface area contributed by atoms with Gasteiger partial charge in [-0.3, -0.25) is 9.59 Å². The van der Waals surface area contributed by atoms with Gasteiger partial charge >= 0.3 is 0 Å². The number of β-amino-alcohol motifs (C(OH)–C–C–N with tert-alkyl or cyclic N) is 1. The number of carbonyl (C=O) groups is 2. The molecule has 1 unspecified atom stereocenters. The summed E-state index contributed by atoms with van der Waals surface area (Å²) in [7, 11) is 0. The van der Waals surface area contributed by atoms with Crippen molar-refractivity contribution in [1.29, 1.82) is 0 Å².